The molecule has 0 aliphatic carbocycles. The lowest BCUT2D eigenvalue weighted by atomic mass is 9.90. The molecule has 1 aromatic rings. The molecule has 0 spiro atoms. The zero-order valence-corrected chi connectivity index (χ0v) is 10.3. The van der Waals surface area contributed by atoms with Crippen molar-refractivity contribution in [1.29, 1.82) is 0 Å². The molecule has 3 N–H and O–H groups in total. The van der Waals surface area contributed by atoms with E-state index in [9.17, 15) is 9.18 Å². The summed E-state index contributed by atoms with van der Waals surface area (Å²) in [4.78, 5) is 12.0. The molecule has 98 valence electrons. The molecule has 0 saturated carbocycles. The molecule has 0 atom stereocenters. The van der Waals surface area contributed by atoms with Crippen molar-refractivity contribution < 1.29 is 14.3 Å². The van der Waals surface area contributed by atoms with Crippen LogP contribution in [0.25, 0.3) is 0 Å². The summed E-state index contributed by atoms with van der Waals surface area (Å²) < 4.78 is 13.5. The molecule has 1 aliphatic rings. The lowest BCUT2D eigenvalue weighted by Crippen LogP contribution is -2.52. The molecule has 4 nitrogen and oxygen atoms in total. The average Bonchev–Trinajstić information content (AvgIpc) is 2.28. The van der Waals surface area contributed by atoms with Crippen molar-refractivity contribution in [3.05, 3.63) is 29.6 Å². The number of halogens is 1. The largest absolute Gasteiger partial charge is 0.508 e. The fourth-order valence-corrected chi connectivity index (χ4v) is 2.13. The first-order chi connectivity index (χ1) is 8.50. The number of piperidine rings is 1. The van der Waals surface area contributed by atoms with Gasteiger partial charge in [-0.15, -0.1) is 0 Å². The van der Waals surface area contributed by atoms with Gasteiger partial charge in [0.2, 0.25) is 0 Å². The minimum Gasteiger partial charge on any atom is -0.508 e. The van der Waals surface area contributed by atoms with Crippen LogP contribution in [0.5, 0.6) is 5.75 Å². The Kier molecular flexibility index (Phi) is 3.52. The molecule has 1 aromatic carbocycles. The minimum absolute atomic E-state index is 0.0347. The summed E-state index contributed by atoms with van der Waals surface area (Å²) in [7, 11) is 0. The fraction of sp³-hybridized carbons (Fsp3) is 0.462. The van der Waals surface area contributed by atoms with E-state index < -0.39 is 11.7 Å². The first-order valence-electron chi connectivity index (χ1n) is 6.02. The number of hydrogen-bond donors (Lipinski definition) is 3. The van der Waals surface area contributed by atoms with E-state index in [1.54, 1.807) is 0 Å². The molecular weight excluding hydrogens is 235 g/mol. The van der Waals surface area contributed by atoms with Gasteiger partial charge in [0.1, 0.15) is 11.6 Å². The Labute approximate surface area is 105 Å². The monoisotopic (exact) mass is 252 g/mol. The molecular formula is C13H17FN2O2. The van der Waals surface area contributed by atoms with E-state index in [1.807, 2.05) is 6.92 Å². The van der Waals surface area contributed by atoms with E-state index >= 15 is 0 Å². The van der Waals surface area contributed by atoms with E-state index in [1.165, 1.54) is 12.1 Å². The third kappa shape index (κ3) is 2.79. The Morgan fingerprint density at radius 3 is 2.72 bits per heavy atom. The molecule has 0 aromatic heterocycles. The van der Waals surface area contributed by atoms with Crippen LogP contribution in [0, 0.1) is 5.82 Å². The molecule has 1 saturated heterocycles. The first kappa shape index (κ1) is 12.8. The molecule has 1 fully saturated rings. The number of aromatic hydroxyl groups is 1. The number of benzene rings is 1. The molecule has 0 radical (unpaired) electrons. The van der Waals surface area contributed by atoms with Crippen molar-refractivity contribution in [2.24, 2.45) is 0 Å². The van der Waals surface area contributed by atoms with Crippen LogP contribution < -0.4 is 10.6 Å². The van der Waals surface area contributed by atoms with Crippen LogP contribution in [0.15, 0.2) is 18.2 Å². The quantitative estimate of drug-likeness (QED) is 0.745. The lowest BCUT2D eigenvalue weighted by Gasteiger charge is -2.35. The van der Waals surface area contributed by atoms with Crippen LogP contribution in [0.2, 0.25) is 0 Å². The van der Waals surface area contributed by atoms with Gasteiger partial charge in [-0.2, -0.15) is 0 Å². The Balaban J connectivity index is 2.11. The van der Waals surface area contributed by atoms with E-state index in [-0.39, 0.29) is 16.9 Å². The normalized spacial score (nSPS) is 18.3. The first-order valence-corrected chi connectivity index (χ1v) is 6.02. The number of carbonyl (C=O) groups excluding carboxylic acids is 1. The number of rotatable bonds is 2. The third-order valence-electron chi connectivity index (χ3n) is 3.32. The van der Waals surface area contributed by atoms with Crippen LogP contribution in [0.3, 0.4) is 0 Å². The number of nitrogens with one attached hydrogen (secondary N) is 2. The second-order valence-electron chi connectivity index (χ2n) is 4.93. The number of hydrogen-bond acceptors (Lipinski definition) is 3. The standard InChI is InChI=1S/C13H17FN2O2/c1-13(4-6-15-7-5-13)16-12(18)10-3-2-9(17)8-11(10)14/h2-3,8,15,17H,4-7H2,1H3,(H,16,18). The summed E-state index contributed by atoms with van der Waals surface area (Å²) in [5, 5.41) is 15.2. The number of phenolic OH excluding ortho intramolecular Hbond substituents is 1. The zero-order valence-electron chi connectivity index (χ0n) is 10.3. The van der Waals surface area contributed by atoms with Crippen LogP contribution in [-0.4, -0.2) is 29.6 Å². The molecule has 1 heterocycles. The second kappa shape index (κ2) is 4.94. The number of carbonyl (C=O) groups is 1. The van der Waals surface area contributed by atoms with Crippen molar-refractivity contribution in [2.75, 3.05) is 13.1 Å². The summed E-state index contributed by atoms with van der Waals surface area (Å²) in [6, 6.07) is 3.55. The van der Waals surface area contributed by atoms with E-state index in [2.05, 4.69) is 10.6 Å². The van der Waals surface area contributed by atoms with Crippen LogP contribution in [0.4, 0.5) is 4.39 Å². The van der Waals surface area contributed by atoms with Gasteiger partial charge in [-0.1, -0.05) is 0 Å². The predicted molar refractivity (Wildman–Crippen MR) is 66.0 cm³/mol. The highest BCUT2D eigenvalue weighted by atomic mass is 19.1. The van der Waals surface area contributed by atoms with Crippen molar-refractivity contribution in [3.63, 3.8) is 0 Å². The molecule has 5 heteroatoms. The lowest BCUT2D eigenvalue weighted by molar-refractivity contribution is 0.0883. The maximum Gasteiger partial charge on any atom is 0.254 e. The third-order valence-corrected chi connectivity index (χ3v) is 3.32. The van der Waals surface area contributed by atoms with Gasteiger partial charge in [0, 0.05) is 11.6 Å². The molecule has 1 aliphatic heterocycles. The smallest absolute Gasteiger partial charge is 0.254 e. The minimum atomic E-state index is -0.704. The Hall–Kier alpha value is -1.62. The van der Waals surface area contributed by atoms with Crippen molar-refractivity contribution in [2.45, 2.75) is 25.3 Å². The van der Waals surface area contributed by atoms with Gasteiger partial charge < -0.3 is 15.7 Å². The SMILES string of the molecule is CC1(NC(=O)c2ccc(O)cc2F)CCNCC1. The topological polar surface area (TPSA) is 61.4 Å². The van der Waals surface area contributed by atoms with Crippen molar-refractivity contribution >= 4 is 5.91 Å². The maximum absolute atomic E-state index is 13.5. The van der Waals surface area contributed by atoms with Gasteiger partial charge in [-0.05, 0) is 45.0 Å². The summed E-state index contributed by atoms with van der Waals surface area (Å²) >= 11 is 0. The molecule has 2 rings (SSSR count). The van der Waals surface area contributed by atoms with E-state index in [0.29, 0.717) is 0 Å². The molecule has 0 unspecified atom stereocenters. The van der Waals surface area contributed by atoms with Crippen LogP contribution in [0.1, 0.15) is 30.1 Å². The Morgan fingerprint density at radius 2 is 2.11 bits per heavy atom. The zero-order chi connectivity index (χ0) is 13.2. The van der Waals surface area contributed by atoms with Crippen LogP contribution in [-0.2, 0) is 0 Å². The number of amides is 1. The summed E-state index contributed by atoms with van der Waals surface area (Å²) in [6.07, 6.45) is 1.64. The van der Waals surface area contributed by atoms with Gasteiger partial charge in [-0.25, -0.2) is 4.39 Å². The molecule has 1 amide bonds. The second-order valence-corrected chi connectivity index (χ2v) is 4.93. The Morgan fingerprint density at radius 1 is 1.44 bits per heavy atom. The average molecular weight is 252 g/mol. The fourth-order valence-electron chi connectivity index (χ4n) is 2.13. The van der Waals surface area contributed by atoms with Gasteiger partial charge in [0.25, 0.3) is 5.91 Å². The highest BCUT2D eigenvalue weighted by Gasteiger charge is 2.29. The van der Waals surface area contributed by atoms with E-state index in [0.717, 1.165) is 32.0 Å². The van der Waals surface area contributed by atoms with Crippen molar-refractivity contribution in [3.8, 4) is 5.75 Å². The van der Waals surface area contributed by atoms with Gasteiger partial charge >= 0.3 is 0 Å². The summed E-state index contributed by atoms with van der Waals surface area (Å²) in [5.41, 5.74) is -0.334. The van der Waals surface area contributed by atoms with Crippen LogP contribution >= 0.6 is 0 Å². The highest BCUT2D eigenvalue weighted by molar-refractivity contribution is 5.95. The van der Waals surface area contributed by atoms with Crippen molar-refractivity contribution in [1.82, 2.24) is 10.6 Å². The van der Waals surface area contributed by atoms with E-state index in [4.69, 9.17) is 5.11 Å². The maximum atomic E-state index is 13.5. The molecule has 18 heavy (non-hydrogen) atoms. The Bertz CT molecular complexity index is 456. The van der Waals surface area contributed by atoms with Gasteiger partial charge in [0.05, 0.1) is 5.56 Å². The summed E-state index contributed by atoms with van der Waals surface area (Å²) in [5.74, 6) is -1.32. The highest BCUT2D eigenvalue weighted by Crippen LogP contribution is 2.20. The number of phenols is 1. The van der Waals surface area contributed by atoms with Gasteiger partial charge in [0.15, 0.2) is 0 Å². The summed E-state index contributed by atoms with van der Waals surface area (Å²) in [6.45, 7) is 3.65. The molecule has 0 bridgehead atoms. The predicted octanol–water partition coefficient (Wildman–Crippen LogP) is 1.40. The van der Waals surface area contributed by atoms with Gasteiger partial charge in [-0.3, -0.25) is 4.79 Å².